The fraction of sp³-hybridized carbons (Fsp3) is 0.417. The van der Waals surface area contributed by atoms with Crippen molar-refractivity contribution in [2.24, 2.45) is 0 Å². The fourth-order valence-corrected chi connectivity index (χ4v) is 2.00. The molecule has 0 aliphatic rings. The zero-order valence-corrected chi connectivity index (χ0v) is 12.3. The van der Waals surface area contributed by atoms with Crippen LogP contribution in [0.5, 0.6) is 0 Å². The predicted molar refractivity (Wildman–Crippen MR) is 75.5 cm³/mol. The summed E-state index contributed by atoms with van der Waals surface area (Å²) in [4.78, 5) is 13.0. The molecule has 96 valence electrons. The topological polar surface area (TPSA) is 55.6 Å². The standard InChI is InChI=1S/C12H16BrN5/c1-4-15-11-9(13)5-16-12(17-11)10-6-14-7-18(10)8(2)3/h5-8H,4H2,1-3H3,(H,15,16,17). The van der Waals surface area contributed by atoms with Crippen molar-refractivity contribution in [2.45, 2.75) is 26.8 Å². The van der Waals surface area contributed by atoms with E-state index in [1.807, 2.05) is 6.92 Å². The molecule has 2 heterocycles. The SMILES string of the molecule is CCNc1nc(-c2cncn2C(C)C)ncc1Br. The maximum absolute atomic E-state index is 4.52. The highest BCUT2D eigenvalue weighted by molar-refractivity contribution is 9.10. The lowest BCUT2D eigenvalue weighted by Crippen LogP contribution is -2.06. The van der Waals surface area contributed by atoms with Gasteiger partial charge in [0.15, 0.2) is 5.82 Å². The smallest absolute Gasteiger partial charge is 0.179 e. The van der Waals surface area contributed by atoms with Crippen LogP contribution in [-0.2, 0) is 0 Å². The van der Waals surface area contributed by atoms with E-state index in [4.69, 9.17) is 0 Å². The summed E-state index contributed by atoms with van der Waals surface area (Å²) in [5.41, 5.74) is 0.927. The van der Waals surface area contributed by atoms with Gasteiger partial charge in [-0.2, -0.15) is 0 Å². The molecule has 0 fully saturated rings. The number of rotatable bonds is 4. The fourth-order valence-electron chi connectivity index (χ4n) is 1.67. The lowest BCUT2D eigenvalue weighted by atomic mass is 10.3. The molecule has 0 atom stereocenters. The third kappa shape index (κ3) is 2.53. The maximum atomic E-state index is 4.52. The van der Waals surface area contributed by atoms with Crippen LogP contribution in [0, 0.1) is 0 Å². The molecule has 0 amide bonds. The first-order valence-corrected chi connectivity index (χ1v) is 6.71. The van der Waals surface area contributed by atoms with Crippen LogP contribution in [0.1, 0.15) is 26.8 Å². The van der Waals surface area contributed by atoms with Crippen molar-refractivity contribution < 1.29 is 0 Å². The van der Waals surface area contributed by atoms with Gasteiger partial charge in [0.25, 0.3) is 0 Å². The van der Waals surface area contributed by atoms with E-state index in [0.29, 0.717) is 11.9 Å². The van der Waals surface area contributed by atoms with Crippen molar-refractivity contribution in [3.8, 4) is 11.5 Å². The molecule has 0 aliphatic heterocycles. The highest BCUT2D eigenvalue weighted by atomic mass is 79.9. The minimum atomic E-state index is 0.331. The van der Waals surface area contributed by atoms with Gasteiger partial charge in [-0.3, -0.25) is 0 Å². The van der Waals surface area contributed by atoms with Gasteiger partial charge in [-0.25, -0.2) is 15.0 Å². The Bertz CT molecular complexity index is 535. The Kier molecular flexibility index (Phi) is 3.96. The number of nitrogens with one attached hydrogen (secondary N) is 1. The van der Waals surface area contributed by atoms with Gasteiger partial charge in [-0.15, -0.1) is 0 Å². The quantitative estimate of drug-likeness (QED) is 0.943. The first-order valence-electron chi connectivity index (χ1n) is 5.92. The minimum Gasteiger partial charge on any atom is -0.369 e. The van der Waals surface area contributed by atoms with Crippen molar-refractivity contribution in [3.63, 3.8) is 0 Å². The summed E-state index contributed by atoms with van der Waals surface area (Å²) in [6, 6.07) is 0.331. The van der Waals surface area contributed by atoms with Crippen molar-refractivity contribution in [3.05, 3.63) is 23.2 Å². The van der Waals surface area contributed by atoms with Crippen molar-refractivity contribution in [2.75, 3.05) is 11.9 Å². The van der Waals surface area contributed by atoms with Crippen LogP contribution in [0.3, 0.4) is 0 Å². The highest BCUT2D eigenvalue weighted by Gasteiger charge is 2.12. The molecule has 2 rings (SSSR count). The summed E-state index contributed by atoms with van der Waals surface area (Å²) < 4.78 is 2.92. The van der Waals surface area contributed by atoms with Gasteiger partial charge in [0.1, 0.15) is 11.5 Å². The molecular formula is C12H16BrN5. The average Bonchev–Trinajstić information content (AvgIpc) is 2.81. The molecular weight excluding hydrogens is 294 g/mol. The van der Waals surface area contributed by atoms with Gasteiger partial charge < -0.3 is 9.88 Å². The largest absolute Gasteiger partial charge is 0.369 e. The van der Waals surface area contributed by atoms with Gasteiger partial charge in [0.05, 0.1) is 17.0 Å². The summed E-state index contributed by atoms with van der Waals surface area (Å²) >= 11 is 3.43. The third-order valence-electron chi connectivity index (χ3n) is 2.54. The molecule has 0 spiro atoms. The van der Waals surface area contributed by atoms with Crippen molar-refractivity contribution in [1.82, 2.24) is 19.5 Å². The Hall–Kier alpha value is -1.43. The molecule has 6 heteroatoms. The van der Waals surface area contributed by atoms with Gasteiger partial charge >= 0.3 is 0 Å². The van der Waals surface area contributed by atoms with Crippen LogP contribution in [0.2, 0.25) is 0 Å². The van der Waals surface area contributed by atoms with E-state index in [2.05, 4.69) is 54.6 Å². The minimum absolute atomic E-state index is 0.331. The third-order valence-corrected chi connectivity index (χ3v) is 3.12. The zero-order valence-electron chi connectivity index (χ0n) is 10.7. The van der Waals surface area contributed by atoms with Crippen LogP contribution in [-0.4, -0.2) is 26.1 Å². The van der Waals surface area contributed by atoms with E-state index in [-0.39, 0.29) is 0 Å². The van der Waals surface area contributed by atoms with E-state index in [1.54, 1.807) is 18.7 Å². The number of aromatic nitrogens is 4. The highest BCUT2D eigenvalue weighted by Crippen LogP contribution is 2.24. The molecule has 0 bridgehead atoms. The van der Waals surface area contributed by atoms with Crippen LogP contribution in [0.15, 0.2) is 23.2 Å². The van der Waals surface area contributed by atoms with E-state index >= 15 is 0 Å². The summed E-state index contributed by atoms with van der Waals surface area (Å²) in [6.45, 7) is 7.07. The van der Waals surface area contributed by atoms with Crippen molar-refractivity contribution >= 4 is 21.7 Å². The molecule has 5 nitrogen and oxygen atoms in total. The molecule has 0 saturated carbocycles. The van der Waals surface area contributed by atoms with E-state index in [9.17, 15) is 0 Å². The van der Waals surface area contributed by atoms with Crippen LogP contribution >= 0.6 is 15.9 Å². The number of imidazole rings is 1. The van der Waals surface area contributed by atoms with Gasteiger partial charge in [0, 0.05) is 18.8 Å². The van der Waals surface area contributed by atoms with Crippen LogP contribution < -0.4 is 5.32 Å². The second-order valence-electron chi connectivity index (χ2n) is 4.20. The normalized spacial score (nSPS) is 10.9. The number of hydrogen-bond donors (Lipinski definition) is 1. The maximum Gasteiger partial charge on any atom is 0.179 e. The van der Waals surface area contributed by atoms with Crippen molar-refractivity contribution in [1.29, 1.82) is 0 Å². The van der Waals surface area contributed by atoms with Gasteiger partial charge in [0.2, 0.25) is 0 Å². The Morgan fingerprint density at radius 1 is 1.39 bits per heavy atom. The molecule has 1 N–H and O–H groups in total. The van der Waals surface area contributed by atoms with E-state index < -0.39 is 0 Å². The van der Waals surface area contributed by atoms with E-state index in [1.165, 1.54) is 0 Å². The Labute approximate surface area is 115 Å². The molecule has 2 aromatic rings. The summed E-state index contributed by atoms with van der Waals surface area (Å²) in [5.74, 6) is 1.49. The molecule has 0 radical (unpaired) electrons. The summed E-state index contributed by atoms with van der Waals surface area (Å²) in [6.07, 6.45) is 5.36. The Morgan fingerprint density at radius 2 is 2.17 bits per heavy atom. The Balaban J connectivity index is 2.44. The molecule has 2 aromatic heterocycles. The lowest BCUT2D eigenvalue weighted by Gasteiger charge is -2.12. The monoisotopic (exact) mass is 309 g/mol. The lowest BCUT2D eigenvalue weighted by molar-refractivity contribution is 0.603. The average molecular weight is 310 g/mol. The second-order valence-corrected chi connectivity index (χ2v) is 5.05. The zero-order chi connectivity index (χ0) is 13.1. The van der Waals surface area contributed by atoms with Gasteiger partial charge in [-0.05, 0) is 36.7 Å². The van der Waals surface area contributed by atoms with Crippen LogP contribution in [0.4, 0.5) is 5.82 Å². The number of halogens is 1. The summed E-state index contributed by atoms with van der Waals surface area (Å²) in [7, 11) is 0. The van der Waals surface area contributed by atoms with Crippen LogP contribution in [0.25, 0.3) is 11.5 Å². The molecule has 0 aromatic carbocycles. The first-order chi connectivity index (χ1) is 8.63. The van der Waals surface area contributed by atoms with Gasteiger partial charge in [-0.1, -0.05) is 0 Å². The second kappa shape index (κ2) is 5.48. The first kappa shape index (κ1) is 13.0. The molecule has 0 saturated heterocycles. The Morgan fingerprint density at radius 3 is 2.83 bits per heavy atom. The molecule has 18 heavy (non-hydrogen) atoms. The predicted octanol–water partition coefficient (Wildman–Crippen LogP) is 3.12. The number of anilines is 1. The van der Waals surface area contributed by atoms with E-state index in [0.717, 1.165) is 22.5 Å². The number of nitrogens with zero attached hydrogens (tertiary/aromatic N) is 4. The molecule has 0 unspecified atom stereocenters. The molecule has 0 aliphatic carbocycles. The number of hydrogen-bond acceptors (Lipinski definition) is 4. The summed E-state index contributed by atoms with van der Waals surface area (Å²) in [5, 5.41) is 3.20.